The minimum atomic E-state index is -0.917. The highest BCUT2D eigenvalue weighted by molar-refractivity contribution is 5.98. The van der Waals surface area contributed by atoms with E-state index in [4.69, 9.17) is 10.5 Å². The Morgan fingerprint density at radius 1 is 1.44 bits per heavy atom. The molecule has 1 amide bonds. The molecule has 1 rings (SSSR count). The zero-order valence-corrected chi connectivity index (χ0v) is 10.9. The predicted octanol–water partition coefficient (Wildman–Crippen LogP) is 2.29. The lowest BCUT2D eigenvalue weighted by Gasteiger charge is -2.25. The highest BCUT2D eigenvalue weighted by Gasteiger charge is 2.30. The van der Waals surface area contributed by atoms with Crippen LogP contribution in [0.5, 0.6) is 5.75 Å². The number of nitrogens with one attached hydrogen (secondary N) is 1. The number of anilines is 1. The Bertz CT molecular complexity index is 431. The first-order valence-electron chi connectivity index (χ1n) is 5.90. The molecule has 0 aliphatic heterocycles. The van der Waals surface area contributed by atoms with Crippen molar-refractivity contribution in [2.24, 2.45) is 5.73 Å². The summed E-state index contributed by atoms with van der Waals surface area (Å²) in [5, 5.41) is 2.68. The zero-order valence-electron chi connectivity index (χ0n) is 10.9. The molecular weight excluding hydrogens is 235 g/mol. The number of hydrogen-bond donors (Lipinski definition) is 2. The summed E-state index contributed by atoms with van der Waals surface area (Å²) in [6.07, 6.45) is 1.05. The number of methoxy groups -OCH3 is 1. The van der Waals surface area contributed by atoms with E-state index in [2.05, 4.69) is 5.32 Å². The molecule has 1 aromatic rings. The maximum atomic E-state index is 13.0. The first kappa shape index (κ1) is 14.4. The molecule has 0 atom stereocenters. The van der Waals surface area contributed by atoms with E-state index < -0.39 is 11.4 Å². The summed E-state index contributed by atoms with van der Waals surface area (Å²) < 4.78 is 18.0. The molecule has 0 heterocycles. The monoisotopic (exact) mass is 254 g/mol. The largest absolute Gasteiger partial charge is 0.494 e. The van der Waals surface area contributed by atoms with Crippen LogP contribution < -0.4 is 15.8 Å². The minimum absolute atomic E-state index is 0.276. The van der Waals surface area contributed by atoms with Crippen LogP contribution in [-0.2, 0) is 4.79 Å². The standard InChI is InChI=1S/C13H19FN2O2/c1-4-13(15,5-2)12(17)16-10-7-6-9(14)8-11(10)18-3/h6-8H,4-5,15H2,1-3H3,(H,16,17). The van der Waals surface area contributed by atoms with Crippen molar-refractivity contribution in [3.05, 3.63) is 24.0 Å². The first-order chi connectivity index (χ1) is 8.46. The Balaban J connectivity index is 2.94. The van der Waals surface area contributed by atoms with Crippen LogP contribution in [0, 0.1) is 5.82 Å². The summed E-state index contributed by atoms with van der Waals surface area (Å²) in [7, 11) is 1.42. The lowest BCUT2D eigenvalue weighted by Crippen LogP contribution is -2.50. The number of rotatable bonds is 5. The van der Waals surface area contributed by atoms with Crippen LogP contribution in [0.3, 0.4) is 0 Å². The molecule has 0 fully saturated rings. The Morgan fingerprint density at radius 3 is 2.56 bits per heavy atom. The fourth-order valence-electron chi connectivity index (χ4n) is 1.59. The van der Waals surface area contributed by atoms with Crippen molar-refractivity contribution >= 4 is 11.6 Å². The van der Waals surface area contributed by atoms with Gasteiger partial charge in [0.2, 0.25) is 5.91 Å². The smallest absolute Gasteiger partial charge is 0.244 e. The molecule has 0 radical (unpaired) electrons. The van der Waals surface area contributed by atoms with Crippen LogP contribution in [0.4, 0.5) is 10.1 Å². The Kier molecular flexibility index (Phi) is 4.67. The van der Waals surface area contributed by atoms with Gasteiger partial charge >= 0.3 is 0 Å². The van der Waals surface area contributed by atoms with Gasteiger partial charge in [-0.2, -0.15) is 0 Å². The van der Waals surface area contributed by atoms with Crippen molar-refractivity contribution in [3.8, 4) is 5.75 Å². The fourth-order valence-corrected chi connectivity index (χ4v) is 1.59. The van der Waals surface area contributed by atoms with E-state index in [9.17, 15) is 9.18 Å². The van der Waals surface area contributed by atoms with Gasteiger partial charge in [-0.15, -0.1) is 0 Å². The average molecular weight is 254 g/mol. The second-order valence-electron chi connectivity index (χ2n) is 4.16. The molecule has 0 bridgehead atoms. The molecule has 0 unspecified atom stereocenters. The number of ether oxygens (including phenoxy) is 1. The van der Waals surface area contributed by atoms with Crippen LogP contribution >= 0.6 is 0 Å². The molecule has 5 heteroatoms. The van der Waals surface area contributed by atoms with E-state index in [1.54, 1.807) is 0 Å². The highest BCUT2D eigenvalue weighted by atomic mass is 19.1. The van der Waals surface area contributed by atoms with Gasteiger partial charge in [0, 0.05) is 6.07 Å². The van der Waals surface area contributed by atoms with Gasteiger partial charge in [-0.1, -0.05) is 13.8 Å². The number of amides is 1. The molecule has 100 valence electrons. The number of hydrogen-bond acceptors (Lipinski definition) is 3. The lowest BCUT2D eigenvalue weighted by atomic mass is 9.93. The highest BCUT2D eigenvalue weighted by Crippen LogP contribution is 2.26. The van der Waals surface area contributed by atoms with Gasteiger partial charge in [0.1, 0.15) is 11.6 Å². The van der Waals surface area contributed by atoms with Crippen LogP contribution in [0.15, 0.2) is 18.2 Å². The summed E-state index contributed by atoms with van der Waals surface area (Å²) >= 11 is 0. The molecule has 4 nitrogen and oxygen atoms in total. The van der Waals surface area contributed by atoms with Crippen LogP contribution in [0.25, 0.3) is 0 Å². The second-order valence-corrected chi connectivity index (χ2v) is 4.16. The number of benzene rings is 1. The first-order valence-corrected chi connectivity index (χ1v) is 5.90. The third-order valence-electron chi connectivity index (χ3n) is 3.13. The molecule has 0 saturated carbocycles. The van der Waals surface area contributed by atoms with Gasteiger partial charge in [0.05, 0.1) is 18.3 Å². The van der Waals surface area contributed by atoms with Gasteiger partial charge < -0.3 is 15.8 Å². The van der Waals surface area contributed by atoms with Crippen LogP contribution in [0.2, 0.25) is 0 Å². The zero-order chi connectivity index (χ0) is 13.8. The summed E-state index contributed by atoms with van der Waals surface area (Å²) in [5.41, 5.74) is 5.48. The van der Waals surface area contributed by atoms with Crippen molar-refractivity contribution in [2.75, 3.05) is 12.4 Å². The topological polar surface area (TPSA) is 64.4 Å². The summed E-state index contributed by atoms with van der Waals surface area (Å²) in [5.74, 6) is -0.440. The van der Waals surface area contributed by atoms with Crippen molar-refractivity contribution in [1.29, 1.82) is 0 Å². The quantitative estimate of drug-likeness (QED) is 0.847. The van der Waals surface area contributed by atoms with Crippen LogP contribution in [-0.4, -0.2) is 18.6 Å². The summed E-state index contributed by atoms with van der Waals surface area (Å²) in [6, 6.07) is 3.93. The van der Waals surface area contributed by atoms with Crippen molar-refractivity contribution in [3.63, 3.8) is 0 Å². The maximum Gasteiger partial charge on any atom is 0.244 e. The third-order valence-corrected chi connectivity index (χ3v) is 3.13. The van der Waals surface area contributed by atoms with Gasteiger partial charge in [-0.3, -0.25) is 4.79 Å². The lowest BCUT2D eigenvalue weighted by molar-refractivity contribution is -0.121. The number of halogens is 1. The molecule has 18 heavy (non-hydrogen) atoms. The molecule has 0 aliphatic carbocycles. The second kappa shape index (κ2) is 5.82. The van der Waals surface area contributed by atoms with E-state index in [1.165, 1.54) is 25.3 Å². The number of carbonyl (C=O) groups excluding carboxylic acids is 1. The minimum Gasteiger partial charge on any atom is -0.494 e. The molecule has 3 N–H and O–H groups in total. The Morgan fingerprint density at radius 2 is 2.06 bits per heavy atom. The average Bonchev–Trinajstić information content (AvgIpc) is 2.39. The Labute approximate surface area is 106 Å². The van der Waals surface area contributed by atoms with E-state index in [1.807, 2.05) is 13.8 Å². The van der Waals surface area contributed by atoms with Crippen molar-refractivity contribution < 1.29 is 13.9 Å². The Hall–Kier alpha value is -1.62. The van der Waals surface area contributed by atoms with E-state index in [0.717, 1.165) is 0 Å². The van der Waals surface area contributed by atoms with Gasteiger partial charge in [0.15, 0.2) is 0 Å². The van der Waals surface area contributed by atoms with E-state index in [-0.39, 0.29) is 11.7 Å². The number of carbonyl (C=O) groups is 1. The van der Waals surface area contributed by atoms with Gasteiger partial charge in [0.25, 0.3) is 0 Å². The van der Waals surface area contributed by atoms with Crippen molar-refractivity contribution in [2.45, 2.75) is 32.2 Å². The molecule has 0 aromatic heterocycles. The van der Waals surface area contributed by atoms with Gasteiger partial charge in [-0.25, -0.2) is 4.39 Å². The summed E-state index contributed by atoms with van der Waals surface area (Å²) in [6.45, 7) is 3.70. The molecule has 1 aromatic carbocycles. The SMILES string of the molecule is CCC(N)(CC)C(=O)Nc1ccc(F)cc1OC. The third kappa shape index (κ3) is 2.98. The number of nitrogens with two attached hydrogens (primary N) is 1. The normalized spacial score (nSPS) is 11.2. The van der Waals surface area contributed by atoms with Crippen LogP contribution in [0.1, 0.15) is 26.7 Å². The van der Waals surface area contributed by atoms with E-state index in [0.29, 0.717) is 18.5 Å². The van der Waals surface area contributed by atoms with Gasteiger partial charge in [-0.05, 0) is 25.0 Å². The maximum absolute atomic E-state index is 13.0. The molecule has 0 aliphatic rings. The van der Waals surface area contributed by atoms with Crippen molar-refractivity contribution in [1.82, 2.24) is 0 Å². The molecular formula is C13H19FN2O2. The molecule has 0 spiro atoms. The molecule has 0 saturated heterocycles. The van der Waals surface area contributed by atoms with E-state index >= 15 is 0 Å². The summed E-state index contributed by atoms with van der Waals surface area (Å²) in [4.78, 5) is 12.1. The predicted molar refractivity (Wildman–Crippen MR) is 69.1 cm³/mol. The fraction of sp³-hybridized carbons (Fsp3) is 0.462.